The molecule has 1 unspecified atom stereocenters. The Morgan fingerprint density at radius 3 is 2.41 bits per heavy atom. The first kappa shape index (κ1) is 13.8. The van der Waals surface area contributed by atoms with Gasteiger partial charge in [0.2, 0.25) is 0 Å². The molecule has 2 rings (SSSR count). The zero-order chi connectivity index (χ0) is 11.5. The SMILES string of the molecule is Cl.NC(CO)Cc1ccc2cc(O)ccc2c1. The molecule has 4 N–H and O–H groups in total. The topological polar surface area (TPSA) is 66.5 Å². The van der Waals surface area contributed by atoms with Crippen molar-refractivity contribution in [3.05, 3.63) is 42.0 Å². The predicted molar refractivity (Wildman–Crippen MR) is 71.6 cm³/mol. The molecule has 0 saturated carbocycles. The van der Waals surface area contributed by atoms with E-state index in [0.29, 0.717) is 6.42 Å². The van der Waals surface area contributed by atoms with Gasteiger partial charge in [0.25, 0.3) is 0 Å². The highest BCUT2D eigenvalue weighted by Gasteiger charge is 2.03. The minimum absolute atomic E-state index is 0. The van der Waals surface area contributed by atoms with Crippen molar-refractivity contribution in [2.75, 3.05) is 6.61 Å². The van der Waals surface area contributed by atoms with E-state index in [4.69, 9.17) is 10.8 Å². The van der Waals surface area contributed by atoms with Gasteiger partial charge in [0, 0.05) is 6.04 Å². The number of rotatable bonds is 3. The highest BCUT2D eigenvalue weighted by molar-refractivity contribution is 5.85. The van der Waals surface area contributed by atoms with E-state index >= 15 is 0 Å². The van der Waals surface area contributed by atoms with E-state index in [9.17, 15) is 5.11 Å². The molecule has 92 valence electrons. The van der Waals surface area contributed by atoms with E-state index in [-0.39, 0.29) is 30.8 Å². The van der Waals surface area contributed by atoms with Crippen molar-refractivity contribution >= 4 is 23.2 Å². The number of phenolic OH excluding ortho intramolecular Hbond substituents is 1. The lowest BCUT2D eigenvalue weighted by Gasteiger charge is -2.08. The second-order valence-electron chi connectivity index (χ2n) is 4.01. The van der Waals surface area contributed by atoms with Crippen molar-refractivity contribution in [1.29, 1.82) is 0 Å². The molecule has 0 radical (unpaired) electrons. The van der Waals surface area contributed by atoms with Gasteiger partial charge in [-0.3, -0.25) is 0 Å². The lowest BCUT2D eigenvalue weighted by Crippen LogP contribution is -2.26. The van der Waals surface area contributed by atoms with E-state index in [1.165, 1.54) is 0 Å². The normalized spacial score (nSPS) is 12.1. The summed E-state index contributed by atoms with van der Waals surface area (Å²) in [6.07, 6.45) is 0.660. The number of aliphatic hydroxyl groups is 1. The van der Waals surface area contributed by atoms with E-state index < -0.39 is 0 Å². The van der Waals surface area contributed by atoms with Crippen LogP contribution >= 0.6 is 12.4 Å². The first-order valence-corrected chi connectivity index (χ1v) is 5.27. The van der Waals surface area contributed by atoms with Crippen LogP contribution in [0.3, 0.4) is 0 Å². The van der Waals surface area contributed by atoms with Gasteiger partial charge in [-0.1, -0.05) is 24.3 Å². The molecule has 17 heavy (non-hydrogen) atoms. The third-order valence-corrected chi connectivity index (χ3v) is 2.62. The predicted octanol–water partition coefficient (Wildman–Crippen LogP) is 1.83. The van der Waals surface area contributed by atoms with E-state index in [0.717, 1.165) is 16.3 Å². The number of phenols is 1. The number of halogens is 1. The number of aliphatic hydroxyl groups excluding tert-OH is 1. The van der Waals surface area contributed by atoms with Gasteiger partial charge in [0.1, 0.15) is 5.75 Å². The quantitative estimate of drug-likeness (QED) is 0.782. The van der Waals surface area contributed by atoms with Gasteiger partial charge in [-0.2, -0.15) is 0 Å². The molecule has 0 saturated heterocycles. The molecule has 4 heteroatoms. The fraction of sp³-hybridized carbons (Fsp3) is 0.231. The minimum Gasteiger partial charge on any atom is -0.508 e. The van der Waals surface area contributed by atoms with Gasteiger partial charge in [0.15, 0.2) is 0 Å². The van der Waals surface area contributed by atoms with Crippen LogP contribution in [0.5, 0.6) is 5.75 Å². The number of benzene rings is 2. The van der Waals surface area contributed by atoms with E-state index in [2.05, 4.69) is 0 Å². The van der Waals surface area contributed by atoms with Gasteiger partial charge in [0.05, 0.1) is 6.61 Å². The average molecular weight is 254 g/mol. The first-order valence-electron chi connectivity index (χ1n) is 5.27. The third-order valence-electron chi connectivity index (χ3n) is 2.62. The third kappa shape index (κ3) is 3.33. The van der Waals surface area contributed by atoms with Gasteiger partial charge >= 0.3 is 0 Å². The summed E-state index contributed by atoms with van der Waals surface area (Å²) < 4.78 is 0. The van der Waals surface area contributed by atoms with Crippen LogP contribution in [-0.2, 0) is 6.42 Å². The Morgan fingerprint density at radius 2 is 1.71 bits per heavy atom. The van der Waals surface area contributed by atoms with E-state index in [1.807, 2.05) is 24.3 Å². The maximum atomic E-state index is 9.33. The van der Waals surface area contributed by atoms with Gasteiger partial charge in [-0.25, -0.2) is 0 Å². The number of nitrogens with two attached hydrogens (primary N) is 1. The molecule has 0 aliphatic rings. The minimum atomic E-state index is -0.213. The van der Waals surface area contributed by atoms with Crippen LogP contribution in [0.1, 0.15) is 5.56 Å². The molecule has 2 aromatic rings. The Balaban J connectivity index is 0.00000144. The molecule has 0 spiro atoms. The first-order chi connectivity index (χ1) is 7.69. The Morgan fingerprint density at radius 1 is 1.06 bits per heavy atom. The van der Waals surface area contributed by atoms with Crippen molar-refractivity contribution in [2.24, 2.45) is 5.73 Å². The van der Waals surface area contributed by atoms with Crippen molar-refractivity contribution < 1.29 is 10.2 Å². The van der Waals surface area contributed by atoms with Crippen LogP contribution in [0.15, 0.2) is 36.4 Å². The van der Waals surface area contributed by atoms with Crippen LogP contribution in [0, 0.1) is 0 Å². The largest absolute Gasteiger partial charge is 0.508 e. The standard InChI is InChI=1S/C13H15NO2.ClH/c14-12(8-15)6-9-1-2-11-7-13(16)4-3-10(11)5-9;/h1-5,7,12,15-16H,6,8,14H2;1H. The van der Waals surface area contributed by atoms with Crippen molar-refractivity contribution in [3.63, 3.8) is 0 Å². The lowest BCUT2D eigenvalue weighted by molar-refractivity contribution is 0.265. The zero-order valence-electron chi connectivity index (χ0n) is 9.34. The molecule has 3 nitrogen and oxygen atoms in total. The molecule has 0 bridgehead atoms. The average Bonchev–Trinajstić information content (AvgIpc) is 2.29. The summed E-state index contributed by atoms with van der Waals surface area (Å²) in [7, 11) is 0. The molecule has 0 amide bonds. The lowest BCUT2D eigenvalue weighted by atomic mass is 10.0. The highest BCUT2D eigenvalue weighted by Crippen LogP contribution is 2.21. The second-order valence-corrected chi connectivity index (χ2v) is 4.01. The molecule has 0 aliphatic heterocycles. The molecular formula is C13H16ClNO2. The summed E-state index contributed by atoms with van der Waals surface area (Å²) in [5, 5.41) is 20.3. The summed E-state index contributed by atoms with van der Waals surface area (Å²) in [4.78, 5) is 0. The van der Waals surface area contributed by atoms with Crippen LogP contribution in [0.4, 0.5) is 0 Å². The highest BCUT2D eigenvalue weighted by atomic mass is 35.5. The smallest absolute Gasteiger partial charge is 0.116 e. The maximum Gasteiger partial charge on any atom is 0.116 e. The Bertz CT molecular complexity index is 502. The molecule has 0 aliphatic carbocycles. The Hall–Kier alpha value is -1.29. The second kappa shape index (κ2) is 5.87. The zero-order valence-corrected chi connectivity index (χ0v) is 10.2. The Kier molecular flexibility index (Phi) is 4.75. The fourth-order valence-corrected chi connectivity index (χ4v) is 1.78. The summed E-state index contributed by atoms with van der Waals surface area (Å²) in [5.74, 6) is 0.271. The fourth-order valence-electron chi connectivity index (χ4n) is 1.78. The number of hydrogen-bond donors (Lipinski definition) is 3. The van der Waals surface area contributed by atoms with Gasteiger partial charge < -0.3 is 15.9 Å². The summed E-state index contributed by atoms with van der Waals surface area (Å²) >= 11 is 0. The van der Waals surface area contributed by atoms with Gasteiger partial charge in [-0.05, 0) is 34.9 Å². The summed E-state index contributed by atoms with van der Waals surface area (Å²) in [5.41, 5.74) is 6.78. The number of aromatic hydroxyl groups is 1. The molecule has 1 atom stereocenters. The monoisotopic (exact) mass is 253 g/mol. The van der Waals surface area contributed by atoms with Crippen molar-refractivity contribution in [1.82, 2.24) is 0 Å². The van der Waals surface area contributed by atoms with Crippen molar-refractivity contribution in [3.8, 4) is 5.75 Å². The number of fused-ring (bicyclic) bond motifs is 1. The molecule has 0 aromatic heterocycles. The van der Waals surface area contributed by atoms with Gasteiger partial charge in [-0.15, -0.1) is 12.4 Å². The summed E-state index contributed by atoms with van der Waals surface area (Å²) in [6, 6.07) is 11.0. The van der Waals surface area contributed by atoms with E-state index in [1.54, 1.807) is 12.1 Å². The molecular weight excluding hydrogens is 238 g/mol. The maximum absolute atomic E-state index is 9.33. The molecule has 0 heterocycles. The Labute approximate surface area is 106 Å². The molecule has 2 aromatic carbocycles. The van der Waals surface area contributed by atoms with Crippen LogP contribution in [-0.4, -0.2) is 22.9 Å². The number of hydrogen-bond acceptors (Lipinski definition) is 3. The van der Waals surface area contributed by atoms with Crippen LogP contribution < -0.4 is 5.73 Å². The van der Waals surface area contributed by atoms with Crippen molar-refractivity contribution in [2.45, 2.75) is 12.5 Å². The van der Waals surface area contributed by atoms with Crippen LogP contribution in [0.2, 0.25) is 0 Å². The van der Waals surface area contributed by atoms with Crippen LogP contribution in [0.25, 0.3) is 10.8 Å². The summed E-state index contributed by atoms with van der Waals surface area (Å²) in [6.45, 7) is -0.00633. The molecule has 0 fully saturated rings.